The van der Waals surface area contributed by atoms with Crippen LogP contribution in [0.25, 0.3) is 0 Å². The molecule has 0 radical (unpaired) electrons. The van der Waals surface area contributed by atoms with Crippen LogP contribution >= 0.6 is 0 Å². The first kappa shape index (κ1) is 15.9. The molecule has 1 saturated heterocycles. The van der Waals surface area contributed by atoms with Crippen molar-refractivity contribution < 1.29 is 19.4 Å². The van der Waals surface area contributed by atoms with Gasteiger partial charge in [0.25, 0.3) is 0 Å². The number of carboxylic acid groups (broad SMARTS) is 1. The number of aliphatic carboxylic acids is 1. The van der Waals surface area contributed by atoms with Crippen molar-refractivity contribution in [3.05, 3.63) is 53.9 Å². The minimum atomic E-state index is -0.760. The molecular weight excluding hydrogens is 320 g/mol. The zero-order chi connectivity index (χ0) is 17.2. The van der Waals surface area contributed by atoms with E-state index in [1.807, 2.05) is 36.4 Å². The average Bonchev–Trinajstić information content (AvgIpc) is 3.29. The fraction of sp³-hybridized carbons (Fsp3) is 0.368. The highest BCUT2D eigenvalue weighted by Crippen LogP contribution is 2.38. The molecule has 1 fully saturated rings. The molecule has 130 valence electrons. The van der Waals surface area contributed by atoms with Crippen LogP contribution in [0.2, 0.25) is 0 Å². The molecule has 2 aliphatic heterocycles. The summed E-state index contributed by atoms with van der Waals surface area (Å²) in [4.78, 5) is 18.2. The smallest absolute Gasteiger partial charge is 0.320 e. The molecule has 6 nitrogen and oxygen atoms in total. The lowest BCUT2D eigenvalue weighted by molar-refractivity contribution is -0.143. The van der Waals surface area contributed by atoms with Gasteiger partial charge in [-0.15, -0.1) is 0 Å². The fourth-order valence-electron chi connectivity index (χ4n) is 3.69. The third-order valence-electron chi connectivity index (χ3n) is 4.89. The van der Waals surface area contributed by atoms with Crippen LogP contribution in [0.15, 0.2) is 42.6 Å². The van der Waals surface area contributed by atoms with Crippen LogP contribution in [-0.4, -0.2) is 40.3 Å². The third-order valence-corrected chi connectivity index (χ3v) is 4.89. The zero-order valence-electron chi connectivity index (χ0n) is 13.8. The van der Waals surface area contributed by atoms with E-state index in [4.69, 9.17) is 9.47 Å². The molecule has 2 atom stereocenters. The quantitative estimate of drug-likeness (QED) is 0.902. The molecule has 1 N–H and O–H groups in total. The van der Waals surface area contributed by atoms with Crippen molar-refractivity contribution in [3.8, 4) is 11.5 Å². The molecule has 2 aliphatic rings. The molecule has 6 heteroatoms. The van der Waals surface area contributed by atoms with Gasteiger partial charge in [0.2, 0.25) is 6.79 Å². The van der Waals surface area contributed by atoms with Crippen molar-refractivity contribution in [2.75, 3.05) is 13.3 Å². The summed E-state index contributed by atoms with van der Waals surface area (Å²) in [7, 11) is 0. The maximum absolute atomic E-state index is 11.7. The Morgan fingerprint density at radius 1 is 1.28 bits per heavy atom. The number of likely N-dealkylation sites (tertiary alicyclic amines) is 1. The Morgan fingerprint density at radius 3 is 2.96 bits per heavy atom. The molecule has 2 aromatic rings. The molecule has 3 heterocycles. The van der Waals surface area contributed by atoms with Crippen LogP contribution in [-0.2, 0) is 11.2 Å². The van der Waals surface area contributed by atoms with Crippen LogP contribution in [0, 0.1) is 0 Å². The maximum atomic E-state index is 11.7. The summed E-state index contributed by atoms with van der Waals surface area (Å²) >= 11 is 0. The van der Waals surface area contributed by atoms with E-state index in [-0.39, 0.29) is 12.8 Å². The number of ether oxygens (including phenoxy) is 2. The Labute approximate surface area is 146 Å². The number of benzene rings is 1. The van der Waals surface area contributed by atoms with E-state index in [9.17, 15) is 9.90 Å². The minimum absolute atomic E-state index is 0.0620. The van der Waals surface area contributed by atoms with E-state index in [1.165, 1.54) is 0 Å². The first-order valence-corrected chi connectivity index (χ1v) is 8.50. The van der Waals surface area contributed by atoms with Gasteiger partial charge in [-0.2, -0.15) is 0 Å². The van der Waals surface area contributed by atoms with E-state index >= 15 is 0 Å². The molecular formula is C19H20N2O4. The fourth-order valence-corrected chi connectivity index (χ4v) is 3.69. The van der Waals surface area contributed by atoms with Crippen molar-refractivity contribution in [2.45, 2.75) is 31.3 Å². The summed E-state index contributed by atoms with van der Waals surface area (Å²) in [6.45, 7) is 0.994. The van der Waals surface area contributed by atoms with Gasteiger partial charge in [0.05, 0.1) is 0 Å². The van der Waals surface area contributed by atoms with Gasteiger partial charge in [-0.1, -0.05) is 12.1 Å². The molecule has 25 heavy (non-hydrogen) atoms. The number of hydrogen-bond acceptors (Lipinski definition) is 5. The lowest BCUT2D eigenvalue weighted by Crippen LogP contribution is -2.39. The summed E-state index contributed by atoms with van der Waals surface area (Å²) in [6.07, 6.45) is 3.99. The Morgan fingerprint density at radius 2 is 2.16 bits per heavy atom. The SMILES string of the molecule is O=C(O)C1CCCN1C(Cc1ccccn1)c1ccc2c(c1)OCO2. The summed E-state index contributed by atoms with van der Waals surface area (Å²) in [5.41, 5.74) is 1.98. The van der Waals surface area contributed by atoms with Gasteiger partial charge in [0.15, 0.2) is 11.5 Å². The van der Waals surface area contributed by atoms with Gasteiger partial charge in [-0.3, -0.25) is 14.7 Å². The van der Waals surface area contributed by atoms with Crippen molar-refractivity contribution in [1.82, 2.24) is 9.88 Å². The summed E-state index contributed by atoms with van der Waals surface area (Å²) in [5, 5.41) is 9.60. The van der Waals surface area contributed by atoms with Crippen LogP contribution in [0.1, 0.15) is 30.1 Å². The van der Waals surface area contributed by atoms with E-state index in [2.05, 4.69) is 9.88 Å². The van der Waals surface area contributed by atoms with Gasteiger partial charge in [-0.25, -0.2) is 0 Å². The number of carboxylic acids is 1. The number of nitrogens with zero attached hydrogens (tertiary/aromatic N) is 2. The van der Waals surface area contributed by atoms with E-state index in [1.54, 1.807) is 6.20 Å². The Hall–Kier alpha value is -2.60. The van der Waals surface area contributed by atoms with Gasteiger partial charge in [-0.05, 0) is 49.2 Å². The lowest BCUT2D eigenvalue weighted by Gasteiger charge is -2.31. The van der Waals surface area contributed by atoms with Crippen LogP contribution in [0.5, 0.6) is 11.5 Å². The van der Waals surface area contributed by atoms with Crippen molar-refractivity contribution in [3.63, 3.8) is 0 Å². The zero-order valence-corrected chi connectivity index (χ0v) is 13.8. The predicted molar refractivity (Wildman–Crippen MR) is 90.6 cm³/mol. The largest absolute Gasteiger partial charge is 0.480 e. The summed E-state index contributed by atoms with van der Waals surface area (Å²) < 4.78 is 10.9. The molecule has 0 spiro atoms. The van der Waals surface area contributed by atoms with Crippen LogP contribution < -0.4 is 9.47 Å². The second kappa shape index (κ2) is 6.72. The topological polar surface area (TPSA) is 71.9 Å². The highest BCUT2D eigenvalue weighted by Gasteiger charge is 2.36. The molecule has 1 aromatic carbocycles. The van der Waals surface area contributed by atoms with Gasteiger partial charge in [0, 0.05) is 24.4 Å². The minimum Gasteiger partial charge on any atom is -0.480 e. The predicted octanol–water partition coefficient (Wildman–Crippen LogP) is 2.64. The number of aromatic nitrogens is 1. The van der Waals surface area contributed by atoms with Crippen LogP contribution in [0.4, 0.5) is 0 Å². The first-order chi connectivity index (χ1) is 12.2. The summed E-state index contributed by atoms with van der Waals surface area (Å²) in [5.74, 6) is 0.690. The molecule has 4 rings (SSSR count). The molecule has 2 unspecified atom stereocenters. The normalized spacial score (nSPS) is 20.6. The lowest BCUT2D eigenvalue weighted by atomic mass is 9.98. The Bertz CT molecular complexity index is 765. The number of rotatable bonds is 5. The van der Waals surface area contributed by atoms with Crippen molar-refractivity contribution >= 4 is 5.97 Å². The molecule has 0 amide bonds. The average molecular weight is 340 g/mol. The molecule has 0 saturated carbocycles. The second-order valence-corrected chi connectivity index (χ2v) is 6.39. The number of fused-ring (bicyclic) bond motifs is 1. The van der Waals surface area contributed by atoms with Gasteiger partial charge < -0.3 is 14.6 Å². The second-order valence-electron chi connectivity index (χ2n) is 6.39. The molecule has 0 bridgehead atoms. The summed E-state index contributed by atoms with van der Waals surface area (Å²) in [6, 6.07) is 11.2. The molecule has 0 aliphatic carbocycles. The number of carbonyl (C=O) groups is 1. The Kier molecular flexibility index (Phi) is 4.28. The van der Waals surface area contributed by atoms with Crippen molar-refractivity contribution in [1.29, 1.82) is 0 Å². The standard InChI is InChI=1S/C19H20N2O4/c22-19(23)15-5-3-9-21(15)16(11-14-4-1-2-8-20-14)13-6-7-17-18(10-13)25-12-24-17/h1-2,4,6-8,10,15-16H,3,5,9,11-12H2,(H,22,23). The third kappa shape index (κ3) is 3.17. The highest BCUT2D eigenvalue weighted by molar-refractivity contribution is 5.74. The molecule has 1 aromatic heterocycles. The van der Waals surface area contributed by atoms with Gasteiger partial charge in [0.1, 0.15) is 6.04 Å². The van der Waals surface area contributed by atoms with E-state index in [0.29, 0.717) is 12.8 Å². The van der Waals surface area contributed by atoms with E-state index < -0.39 is 12.0 Å². The maximum Gasteiger partial charge on any atom is 0.320 e. The number of hydrogen-bond donors (Lipinski definition) is 1. The number of pyridine rings is 1. The monoisotopic (exact) mass is 340 g/mol. The van der Waals surface area contributed by atoms with Crippen molar-refractivity contribution in [2.24, 2.45) is 0 Å². The first-order valence-electron chi connectivity index (χ1n) is 8.50. The van der Waals surface area contributed by atoms with Crippen LogP contribution in [0.3, 0.4) is 0 Å². The highest BCUT2D eigenvalue weighted by atomic mass is 16.7. The van der Waals surface area contributed by atoms with E-state index in [0.717, 1.165) is 35.7 Å². The van der Waals surface area contributed by atoms with Gasteiger partial charge >= 0.3 is 5.97 Å². The Balaban J connectivity index is 1.69.